The summed E-state index contributed by atoms with van der Waals surface area (Å²) in [5, 5.41) is 11.6. The van der Waals surface area contributed by atoms with Gasteiger partial charge in [-0.05, 0) is 12.1 Å². The normalized spacial score (nSPS) is 15.1. The van der Waals surface area contributed by atoms with Crippen molar-refractivity contribution in [1.29, 1.82) is 0 Å². The third-order valence-electron chi connectivity index (χ3n) is 4.87. The minimum absolute atomic E-state index is 0.254. The van der Waals surface area contributed by atoms with Crippen molar-refractivity contribution in [2.24, 2.45) is 0 Å². The smallest absolute Gasteiger partial charge is 0.247 e. The van der Waals surface area contributed by atoms with Gasteiger partial charge in [0.15, 0.2) is 23.3 Å². The van der Waals surface area contributed by atoms with Crippen LogP contribution in [-0.4, -0.2) is 70.6 Å². The minimum atomic E-state index is -2.32. The number of piperazine rings is 1. The molecule has 13 heteroatoms. The Morgan fingerprint density at radius 1 is 0.970 bits per heavy atom. The molecule has 1 aromatic heterocycles. The summed E-state index contributed by atoms with van der Waals surface area (Å²) in [6.07, 6.45) is 4.05. The zero-order valence-electron chi connectivity index (χ0n) is 16.9. The first kappa shape index (κ1) is 24.0. The molecule has 33 heavy (non-hydrogen) atoms. The standard InChI is InChI=1S/C20H18F5N5O3/c21-14-11(15(22)17(24)18(25)16(14)23)2-3-13(32)28-12(10-31)19(33)29-6-8-30(9-7-29)20-26-4-1-5-27-20/h1-5,12,31H,6-10H2,(H,28,32). The van der Waals surface area contributed by atoms with Crippen LogP contribution in [0.25, 0.3) is 6.08 Å². The lowest BCUT2D eigenvalue weighted by atomic mass is 10.1. The van der Waals surface area contributed by atoms with Gasteiger partial charge in [-0.2, -0.15) is 0 Å². The molecule has 1 aromatic carbocycles. The van der Waals surface area contributed by atoms with Gasteiger partial charge in [0, 0.05) is 44.6 Å². The maximum Gasteiger partial charge on any atom is 0.247 e. The molecule has 8 nitrogen and oxygen atoms in total. The van der Waals surface area contributed by atoms with Crippen LogP contribution in [0.1, 0.15) is 5.56 Å². The predicted octanol–water partition coefficient (Wildman–Crippen LogP) is 1.01. The molecule has 0 saturated carbocycles. The van der Waals surface area contributed by atoms with Crippen molar-refractivity contribution >= 4 is 23.8 Å². The topological polar surface area (TPSA) is 98.7 Å². The van der Waals surface area contributed by atoms with E-state index in [0.717, 1.165) is 0 Å². The van der Waals surface area contributed by atoms with E-state index in [1.165, 1.54) is 4.90 Å². The highest BCUT2D eigenvalue weighted by atomic mass is 19.2. The fraction of sp³-hybridized carbons (Fsp3) is 0.300. The lowest BCUT2D eigenvalue weighted by molar-refractivity contribution is -0.137. The fourth-order valence-electron chi connectivity index (χ4n) is 3.13. The monoisotopic (exact) mass is 471 g/mol. The number of hydrogen-bond donors (Lipinski definition) is 2. The Hall–Kier alpha value is -3.61. The molecule has 1 aliphatic rings. The lowest BCUT2D eigenvalue weighted by Gasteiger charge is -2.36. The summed E-state index contributed by atoms with van der Waals surface area (Å²) in [6.45, 7) is 0.542. The molecular weight excluding hydrogens is 453 g/mol. The van der Waals surface area contributed by atoms with E-state index in [9.17, 15) is 36.6 Å². The molecule has 1 unspecified atom stereocenters. The number of carbonyl (C=O) groups is 2. The molecule has 0 bridgehead atoms. The second-order valence-corrected chi connectivity index (χ2v) is 6.92. The molecule has 2 N–H and O–H groups in total. The van der Waals surface area contributed by atoms with Gasteiger partial charge in [0.2, 0.25) is 23.6 Å². The SMILES string of the molecule is O=C(C=Cc1c(F)c(F)c(F)c(F)c1F)NC(CO)C(=O)N1CCN(c2ncccn2)CC1. The third kappa shape index (κ3) is 5.25. The van der Waals surface area contributed by atoms with Crippen molar-refractivity contribution in [1.82, 2.24) is 20.2 Å². The molecule has 1 aliphatic heterocycles. The minimum Gasteiger partial charge on any atom is -0.394 e. The van der Waals surface area contributed by atoms with Gasteiger partial charge in [-0.15, -0.1) is 0 Å². The zero-order valence-corrected chi connectivity index (χ0v) is 16.9. The van der Waals surface area contributed by atoms with E-state index >= 15 is 0 Å². The number of benzene rings is 1. The zero-order chi connectivity index (χ0) is 24.1. The van der Waals surface area contributed by atoms with E-state index in [2.05, 4.69) is 15.3 Å². The summed E-state index contributed by atoms with van der Waals surface area (Å²) >= 11 is 0. The fourth-order valence-corrected chi connectivity index (χ4v) is 3.13. The quantitative estimate of drug-likeness (QED) is 0.283. The van der Waals surface area contributed by atoms with Crippen molar-refractivity contribution in [2.75, 3.05) is 37.7 Å². The molecule has 0 radical (unpaired) electrons. The summed E-state index contributed by atoms with van der Waals surface area (Å²) < 4.78 is 67.0. The first-order valence-electron chi connectivity index (χ1n) is 9.66. The Labute approximate surface area is 184 Å². The van der Waals surface area contributed by atoms with Crippen molar-refractivity contribution in [3.63, 3.8) is 0 Å². The molecule has 1 atom stereocenters. The van der Waals surface area contributed by atoms with Gasteiger partial charge < -0.3 is 20.2 Å². The number of aromatic nitrogens is 2. The first-order valence-corrected chi connectivity index (χ1v) is 9.66. The highest BCUT2D eigenvalue weighted by Gasteiger charge is 2.29. The van der Waals surface area contributed by atoms with Crippen molar-refractivity contribution in [3.8, 4) is 0 Å². The van der Waals surface area contributed by atoms with Crippen molar-refractivity contribution in [3.05, 3.63) is 59.2 Å². The summed E-state index contributed by atoms with van der Waals surface area (Å²) in [5.41, 5.74) is -1.31. The number of nitrogens with one attached hydrogen (secondary N) is 1. The van der Waals surface area contributed by atoms with E-state index in [4.69, 9.17) is 0 Å². The summed E-state index contributed by atoms with van der Waals surface area (Å²) in [4.78, 5) is 36.2. The average Bonchev–Trinajstić information content (AvgIpc) is 2.85. The van der Waals surface area contributed by atoms with Crippen molar-refractivity contribution < 1.29 is 36.6 Å². The van der Waals surface area contributed by atoms with Crippen LogP contribution in [-0.2, 0) is 9.59 Å². The maximum atomic E-state index is 13.7. The van der Waals surface area contributed by atoms with Gasteiger partial charge in [0.25, 0.3) is 0 Å². The molecule has 2 aromatic rings. The van der Waals surface area contributed by atoms with Crippen LogP contribution in [0.2, 0.25) is 0 Å². The van der Waals surface area contributed by atoms with Crippen LogP contribution < -0.4 is 10.2 Å². The molecule has 0 aliphatic carbocycles. The van der Waals surface area contributed by atoms with Gasteiger partial charge >= 0.3 is 0 Å². The molecule has 3 rings (SSSR count). The number of nitrogens with zero attached hydrogens (tertiary/aromatic N) is 4. The Balaban J connectivity index is 1.62. The van der Waals surface area contributed by atoms with E-state index in [1.54, 1.807) is 18.5 Å². The first-order chi connectivity index (χ1) is 15.7. The second-order valence-electron chi connectivity index (χ2n) is 6.92. The maximum absolute atomic E-state index is 13.7. The number of anilines is 1. The van der Waals surface area contributed by atoms with Gasteiger partial charge in [-0.1, -0.05) is 0 Å². The number of amides is 2. The van der Waals surface area contributed by atoms with Crippen LogP contribution >= 0.6 is 0 Å². The number of carbonyl (C=O) groups excluding carboxylic acids is 2. The van der Waals surface area contributed by atoms with Crippen LogP contribution in [0.4, 0.5) is 27.9 Å². The van der Waals surface area contributed by atoms with Crippen LogP contribution in [0.15, 0.2) is 24.5 Å². The second kappa shape index (κ2) is 10.3. The number of aliphatic hydroxyl groups is 1. The highest BCUT2D eigenvalue weighted by Crippen LogP contribution is 2.24. The van der Waals surface area contributed by atoms with E-state index in [1.807, 2.05) is 4.90 Å². The Morgan fingerprint density at radius 3 is 2.06 bits per heavy atom. The summed E-state index contributed by atoms with van der Waals surface area (Å²) in [7, 11) is 0. The molecular formula is C20H18F5N5O3. The summed E-state index contributed by atoms with van der Waals surface area (Å²) in [5.74, 6) is -12.0. The predicted molar refractivity (Wildman–Crippen MR) is 105 cm³/mol. The number of halogens is 5. The van der Waals surface area contributed by atoms with Gasteiger partial charge in [-0.3, -0.25) is 9.59 Å². The number of hydrogen-bond acceptors (Lipinski definition) is 6. The highest BCUT2D eigenvalue weighted by molar-refractivity contribution is 5.95. The van der Waals surface area contributed by atoms with Crippen LogP contribution in [0.5, 0.6) is 0 Å². The van der Waals surface area contributed by atoms with Crippen LogP contribution in [0.3, 0.4) is 0 Å². The number of aliphatic hydroxyl groups excluding tert-OH is 1. The Kier molecular flexibility index (Phi) is 7.53. The molecule has 1 saturated heterocycles. The molecule has 0 spiro atoms. The lowest BCUT2D eigenvalue weighted by Crippen LogP contribution is -2.56. The van der Waals surface area contributed by atoms with Crippen molar-refractivity contribution in [2.45, 2.75) is 6.04 Å². The largest absolute Gasteiger partial charge is 0.394 e. The average molecular weight is 471 g/mol. The molecule has 1 fully saturated rings. The third-order valence-corrected chi connectivity index (χ3v) is 4.87. The number of rotatable bonds is 6. The van der Waals surface area contributed by atoms with E-state index in [-0.39, 0.29) is 13.1 Å². The molecule has 176 valence electrons. The van der Waals surface area contributed by atoms with E-state index < -0.39 is 59.1 Å². The van der Waals surface area contributed by atoms with Gasteiger partial charge in [0.1, 0.15) is 6.04 Å². The Bertz CT molecular complexity index is 1030. The Morgan fingerprint density at radius 2 is 1.52 bits per heavy atom. The van der Waals surface area contributed by atoms with Gasteiger partial charge in [-0.25, -0.2) is 31.9 Å². The molecule has 2 amide bonds. The van der Waals surface area contributed by atoms with Crippen LogP contribution in [0, 0.1) is 29.1 Å². The molecule has 2 heterocycles. The summed E-state index contributed by atoms with van der Waals surface area (Å²) in [6, 6.07) is 0.288. The van der Waals surface area contributed by atoms with E-state index in [0.29, 0.717) is 31.2 Å². The van der Waals surface area contributed by atoms with Gasteiger partial charge in [0.05, 0.1) is 12.2 Å².